The maximum Gasteiger partial charge on any atom is 0.327 e. The number of hydrogen-bond acceptors (Lipinski definition) is 3. The van der Waals surface area contributed by atoms with Gasteiger partial charge in [0.2, 0.25) is 5.91 Å². The Kier molecular flexibility index (Phi) is 4.29. The van der Waals surface area contributed by atoms with Crippen LogP contribution in [-0.4, -0.2) is 23.8 Å². The van der Waals surface area contributed by atoms with Crippen LogP contribution in [0.5, 0.6) is 0 Å². The number of halogens is 1. The smallest absolute Gasteiger partial charge is 0.327 e. The Morgan fingerprint density at radius 2 is 1.70 bits per heavy atom. The molecule has 1 aliphatic carbocycles. The maximum absolute atomic E-state index is 12.7. The minimum Gasteiger partial charge on any atom is -0.345 e. The molecule has 0 unspecified atom stereocenters. The minimum atomic E-state index is -0.913. The van der Waals surface area contributed by atoms with Gasteiger partial charge in [-0.15, -0.1) is 0 Å². The number of rotatable bonds is 3. The summed E-state index contributed by atoms with van der Waals surface area (Å²) in [6, 6.07) is 5.49. The van der Waals surface area contributed by atoms with E-state index >= 15 is 0 Å². The van der Waals surface area contributed by atoms with Gasteiger partial charge in [-0.3, -0.25) is 25.2 Å². The van der Waals surface area contributed by atoms with E-state index in [2.05, 4.69) is 10.7 Å². The van der Waals surface area contributed by atoms with Crippen LogP contribution in [0.25, 0.3) is 0 Å². The molecule has 2 rings (SSSR count). The van der Waals surface area contributed by atoms with Crippen molar-refractivity contribution in [1.82, 2.24) is 16.2 Å². The predicted octanol–water partition coefficient (Wildman–Crippen LogP) is -0.206. The molecule has 7 heteroatoms. The Morgan fingerprint density at radius 3 is 2.30 bits per heavy atom. The van der Waals surface area contributed by atoms with E-state index in [1.54, 1.807) is 0 Å². The molecule has 6 nitrogen and oxygen atoms in total. The second kappa shape index (κ2) is 6.14. The van der Waals surface area contributed by atoms with Crippen molar-refractivity contribution in [2.75, 3.05) is 0 Å². The zero-order chi connectivity index (χ0) is 14.5. The van der Waals surface area contributed by atoms with Gasteiger partial charge in [0.15, 0.2) is 0 Å². The Balaban J connectivity index is 1.72. The van der Waals surface area contributed by atoms with Crippen molar-refractivity contribution < 1.29 is 18.8 Å². The van der Waals surface area contributed by atoms with Crippen LogP contribution in [0, 0.1) is 5.82 Å². The van der Waals surface area contributed by atoms with Crippen LogP contribution in [0.2, 0.25) is 0 Å². The van der Waals surface area contributed by atoms with Crippen LogP contribution >= 0.6 is 0 Å². The van der Waals surface area contributed by atoms with Crippen molar-refractivity contribution in [3.63, 3.8) is 0 Å². The third-order valence-corrected chi connectivity index (χ3v) is 2.71. The van der Waals surface area contributed by atoms with Crippen LogP contribution in [0.15, 0.2) is 24.3 Å². The van der Waals surface area contributed by atoms with Gasteiger partial charge in [0.25, 0.3) is 0 Å². The fourth-order valence-electron chi connectivity index (χ4n) is 1.49. The van der Waals surface area contributed by atoms with Gasteiger partial charge in [0.1, 0.15) is 5.82 Å². The first-order valence-electron chi connectivity index (χ1n) is 6.19. The summed E-state index contributed by atoms with van der Waals surface area (Å²) in [5.74, 6) is -2.57. The molecular formula is C13H14FN3O3. The Morgan fingerprint density at radius 1 is 1.05 bits per heavy atom. The van der Waals surface area contributed by atoms with Gasteiger partial charge in [-0.2, -0.15) is 0 Å². The molecule has 0 saturated heterocycles. The highest BCUT2D eigenvalue weighted by Gasteiger charge is 2.26. The lowest BCUT2D eigenvalue weighted by Crippen LogP contribution is -2.49. The fraction of sp³-hybridized carbons (Fsp3) is 0.308. The van der Waals surface area contributed by atoms with Gasteiger partial charge in [-0.05, 0) is 30.5 Å². The molecule has 1 aromatic rings. The summed E-state index contributed by atoms with van der Waals surface area (Å²) in [7, 11) is 0. The average Bonchev–Trinajstić information content (AvgIpc) is 3.22. The fourth-order valence-corrected chi connectivity index (χ4v) is 1.49. The zero-order valence-corrected chi connectivity index (χ0v) is 10.6. The molecule has 1 aromatic carbocycles. The van der Waals surface area contributed by atoms with Gasteiger partial charge < -0.3 is 5.32 Å². The first kappa shape index (κ1) is 14.0. The molecule has 0 aromatic heterocycles. The molecule has 0 spiro atoms. The summed E-state index contributed by atoms with van der Waals surface area (Å²) in [6.07, 6.45) is 1.72. The second-order valence-electron chi connectivity index (χ2n) is 4.55. The lowest BCUT2D eigenvalue weighted by atomic mass is 10.1. The zero-order valence-electron chi connectivity index (χ0n) is 10.6. The minimum absolute atomic E-state index is 0.0230. The standard InChI is InChI=1S/C13H14FN3O3/c14-9-3-1-8(2-4-9)7-11(18)16-17-13(20)12(19)15-10-5-6-10/h1-4,10H,5-7H2,(H,15,19)(H,16,18)(H,17,20). The number of carbonyl (C=O) groups excluding carboxylic acids is 3. The summed E-state index contributed by atoms with van der Waals surface area (Å²) >= 11 is 0. The van der Waals surface area contributed by atoms with Gasteiger partial charge in [-0.25, -0.2) is 4.39 Å². The van der Waals surface area contributed by atoms with E-state index in [1.807, 2.05) is 5.43 Å². The first-order chi connectivity index (χ1) is 9.54. The highest BCUT2D eigenvalue weighted by atomic mass is 19.1. The molecule has 106 valence electrons. The van der Waals surface area contributed by atoms with Crippen molar-refractivity contribution in [3.8, 4) is 0 Å². The summed E-state index contributed by atoms with van der Waals surface area (Å²) in [5.41, 5.74) is 4.75. The molecule has 1 saturated carbocycles. The third-order valence-electron chi connectivity index (χ3n) is 2.71. The number of hydrazine groups is 1. The predicted molar refractivity (Wildman–Crippen MR) is 67.6 cm³/mol. The van der Waals surface area contributed by atoms with Gasteiger partial charge in [-0.1, -0.05) is 12.1 Å². The summed E-state index contributed by atoms with van der Waals surface area (Å²) in [6.45, 7) is 0. The Hall–Kier alpha value is -2.44. The molecule has 3 N–H and O–H groups in total. The van der Waals surface area contributed by atoms with Gasteiger partial charge >= 0.3 is 11.8 Å². The topological polar surface area (TPSA) is 87.3 Å². The van der Waals surface area contributed by atoms with Gasteiger partial charge in [0.05, 0.1) is 6.42 Å². The van der Waals surface area contributed by atoms with E-state index in [-0.39, 0.29) is 18.3 Å². The summed E-state index contributed by atoms with van der Waals surface area (Å²) < 4.78 is 12.7. The molecule has 0 atom stereocenters. The average molecular weight is 279 g/mol. The molecule has 0 aliphatic heterocycles. The van der Waals surface area contributed by atoms with E-state index in [4.69, 9.17) is 0 Å². The molecule has 1 fully saturated rings. The number of hydrogen-bond donors (Lipinski definition) is 3. The lowest BCUT2D eigenvalue weighted by molar-refractivity contribution is -0.140. The summed E-state index contributed by atoms with van der Waals surface area (Å²) in [5, 5.41) is 2.49. The molecule has 0 heterocycles. The Bertz CT molecular complexity index is 526. The highest BCUT2D eigenvalue weighted by Crippen LogP contribution is 2.18. The van der Waals surface area contributed by atoms with E-state index in [1.165, 1.54) is 24.3 Å². The van der Waals surface area contributed by atoms with E-state index in [0.29, 0.717) is 5.56 Å². The molecule has 3 amide bonds. The number of carbonyl (C=O) groups is 3. The molecule has 20 heavy (non-hydrogen) atoms. The quantitative estimate of drug-likeness (QED) is 0.528. The molecular weight excluding hydrogens is 265 g/mol. The third kappa shape index (κ3) is 4.34. The van der Waals surface area contributed by atoms with Crippen molar-refractivity contribution >= 4 is 17.7 Å². The monoisotopic (exact) mass is 279 g/mol. The Labute approximate surface area is 114 Å². The van der Waals surface area contributed by atoms with Crippen molar-refractivity contribution in [3.05, 3.63) is 35.6 Å². The van der Waals surface area contributed by atoms with Crippen molar-refractivity contribution in [2.45, 2.75) is 25.3 Å². The SMILES string of the molecule is O=C(Cc1ccc(F)cc1)NNC(=O)C(=O)NC1CC1. The van der Waals surface area contributed by atoms with Gasteiger partial charge in [0, 0.05) is 6.04 Å². The number of amides is 3. The second-order valence-corrected chi connectivity index (χ2v) is 4.55. The number of nitrogens with one attached hydrogen (secondary N) is 3. The normalized spacial score (nSPS) is 13.4. The van der Waals surface area contributed by atoms with Crippen LogP contribution in [-0.2, 0) is 20.8 Å². The summed E-state index contributed by atoms with van der Waals surface area (Å²) in [4.78, 5) is 34.1. The van der Waals surface area contributed by atoms with Crippen molar-refractivity contribution in [1.29, 1.82) is 0 Å². The molecule has 0 bridgehead atoms. The van der Waals surface area contributed by atoms with E-state index < -0.39 is 17.7 Å². The molecule has 1 aliphatic rings. The van der Waals surface area contributed by atoms with E-state index in [0.717, 1.165) is 12.8 Å². The molecule has 0 radical (unpaired) electrons. The van der Waals surface area contributed by atoms with Crippen molar-refractivity contribution in [2.24, 2.45) is 0 Å². The number of benzene rings is 1. The lowest BCUT2D eigenvalue weighted by Gasteiger charge is -2.07. The van der Waals surface area contributed by atoms with Crippen LogP contribution in [0.4, 0.5) is 4.39 Å². The van der Waals surface area contributed by atoms with Crippen LogP contribution in [0.1, 0.15) is 18.4 Å². The largest absolute Gasteiger partial charge is 0.345 e. The first-order valence-corrected chi connectivity index (χ1v) is 6.19. The van der Waals surface area contributed by atoms with E-state index in [9.17, 15) is 18.8 Å². The maximum atomic E-state index is 12.7. The van der Waals surface area contributed by atoms with Crippen LogP contribution < -0.4 is 16.2 Å². The highest BCUT2D eigenvalue weighted by molar-refractivity contribution is 6.35. The van der Waals surface area contributed by atoms with Crippen LogP contribution in [0.3, 0.4) is 0 Å².